The Bertz CT molecular complexity index is 1190. The Morgan fingerprint density at radius 2 is 1.42 bits per heavy atom. The molecule has 4 atom stereocenters. The third-order valence-corrected chi connectivity index (χ3v) is 6.28. The molecule has 7 nitrogen and oxygen atoms in total. The van der Waals surface area contributed by atoms with E-state index in [0.717, 1.165) is 11.1 Å². The fraction of sp³-hybridized carbons (Fsp3) is 0.320. The van der Waals surface area contributed by atoms with Gasteiger partial charge in [-0.1, -0.05) is 60.7 Å². The number of nitrogens with two attached hydrogens (primary N) is 1. The number of alkyl halides is 1. The zero-order chi connectivity index (χ0) is 22.6. The number of nitrogens with zero attached hydrogens (tertiary/aromatic N) is 4. The van der Waals surface area contributed by atoms with Crippen LogP contribution in [0, 0.1) is 11.8 Å². The molecular formula is C25H26FN5O2. The second kappa shape index (κ2) is 9.64. The van der Waals surface area contributed by atoms with Gasteiger partial charge in [-0.25, -0.2) is 19.3 Å². The molecular weight excluding hydrogens is 421 g/mol. The number of nitrogen functional groups attached to an aromatic ring is 1. The average molecular weight is 448 g/mol. The van der Waals surface area contributed by atoms with Crippen LogP contribution in [0.1, 0.15) is 17.2 Å². The summed E-state index contributed by atoms with van der Waals surface area (Å²) in [5.74, 6) is -0.0905. The lowest BCUT2D eigenvalue weighted by molar-refractivity contribution is -0.114. The predicted octanol–water partition coefficient (Wildman–Crippen LogP) is 3.97. The van der Waals surface area contributed by atoms with Crippen LogP contribution in [0.5, 0.6) is 0 Å². The molecule has 2 heterocycles. The highest BCUT2D eigenvalue weighted by Gasteiger charge is 2.52. The van der Waals surface area contributed by atoms with Gasteiger partial charge in [0.1, 0.15) is 18.0 Å². The molecule has 2 N–H and O–H groups in total. The summed E-state index contributed by atoms with van der Waals surface area (Å²) in [5, 5.41) is 0. The van der Waals surface area contributed by atoms with Crippen LogP contribution in [-0.4, -0.2) is 38.9 Å². The first-order valence-electron chi connectivity index (χ1n) is 11.0. The van der Waals surface area contributed by atoms with Crippen LogP contribution in [0.2, 0.25) is 0 Å². The maximum absolute atomic E-state index is 15.5. The van der Waals surface area contributed by atoms with Gasteiger partial charge >= 0.3 is 0 Å². The van der Waals surface area contributed by atoms with Crippen molar-refractivity contribution in [1.82, 2.24) is 19.5 Å². The average Bonchev–Trinajstić information content (AvgIpc) is 3.27. The van der Waals surface area contributed by atoms with Crippen molar-refractivity contribution >= 4 is 17.0 Å². The lowest BCUT2D eigenvalue weighted by Gasteiger charge is -2.48. The number of aromatic nitrogens is 4. The monoisotopic (exact) mass is 447 g/mol. The lowest BCUT2D eigenvalue weighted by atomic mass is 9.68. The number of hydrogen-bond acceptors (Lipinski definition) is 6. The molecule has 2 aromatic carbocycles. The second-order valence-corrected chi connectivity index (χ2v) is 8.35. The number of fused-ring (bicyclic) bond motifs is 1. The molecule has 0 unspecified atom stereocenters. The SMILES string of the molecule is Nc1ncnc2c1ncn2[C@@H]1[C@@H](F)[C@H](COCc2ccccc2)[C@H]1COCc1ccccc1. The lowest BCUT2D eigenvalue weighted by Crippen LogP contribution is -2.53. The third kappa shape index (κ3) is 4.44. The molecule has 4 aromatic rings. The highest BCUT2D eigenvalue weighted by atomic mass is 19.1. The molecule has 0 aliphatic heterocycles. The maximum atomic E-state index is 15.5. The summed E-state index contributed by atoms with van der Waals surface area (Å²) in [5.41, 5.74) is 9.09. The smallest absolute Gasteiger partial charge is 0.165 e. The van der Waals surface area contributed by atoms with E-state index in [1.807, 2.05) is 60.7 Å². The van der Waals surface area contributed by atoms with E-state index in [2.05, 4.69) is 15.0 Å². The van der Waals surface area contributed by atoms with E-state index in [1.165, 1.54) is 6.33 Å². The van der Waals surface area contributed by atoms with Crippen molar-refractivity contribution in [3.05, 3.63) is 84.4 Å². The Morgan fingerprint density at radius 1 is 0.818 bits per heavy atom. The molecule has 1 aliphatic rings. The van der Waals surface area contributed by atoms with Gasteiger partial charge < -0.3 is 19.8 Å². The third-order valence-electron chi connectivity index (χ3n) is 6.28. The number of hydrogen-bond donors (Lipinski definition) is 1. The Kier molecular flexibility index (Phi) is 6.28. The minimum atomic E-state index is -1.11. The molecule has 0 saturated heterocycles. The minimum absolute atomic E-state index is 0.0897. The van der Waals surface area contributed by atoms with Crippen LogP contribution in [0.25, 0.3) is 11.2 Å². The van der Waals surface area contributed by atoms with E-state index in [4.69, 9.17) is 15.2 Å². The van der Waals surface area contributed by atoms with Crippen LogP contribution >= 0.6 is 0 Å². The summed E-state index contributed by atoms with van der Waals surface area (Å²) < 4.78 is 29.2. The molecule has 0 bridgehead atoms. The van der Waals surface area contributed by atoms with Crippen molar-refractivity contribution in [1.29, 1.82) is 0 Å². The summed E-state index contributed by atoms with van der Waals surface area (Å²) in [6, 6.07) is 19.4. The predicted molar refractivity (Wildman–Crippen MR) is 123 cm³/mol. The first-order valence-corrected chi connectivity index (χ1v) is 11.0. The van der Waals surface area contributed by atoms with Crippen molar-refractivity contribution in [3.63, 3.8) is 0 Å². The normalized spacial score (nSPS) is 22.3. The van der Waals surface area contributed by atoms with Crippen molar-refractivity contribution in [2.75, 3.05) is 18.9 Å². The van der Waals surface area contributed by atoms with Crippen LogP contribution in [0.15, 0.2) is 73.3 Å². The molecule has 2 aromatic heterocycles. The Labute approximate surface area is 191 Å². The van der Waals surface area contributed by atoms with Gasteiger partial charge in [-0.05, 0) is 11.1 Å². The largest absolute Gasteiger partial charge is 0.382 e. The van der Waals surface area contributed by atoms with Gasteiger partial charge in [0, 0.05) is 11.8 Å². The van der Waals surface area contributed by atoms with Gasteiger partial charge in [-0.3, -0.25) is 0 Å². The van der Waals surface area contributed by atoms with Crippen LogP contribution in [0.3, 0.4) is 0 Å². The standard InChI is InChI=1S/C25H26FN5O2/c26-21-19(13-32-11-17-7-3-1-4-8-17)20(14-33-12-18-9-5-2-6-10-18)23(21)31-16-30-22-24(27)28-15-29-25(22)31/h1-10,15-16,19-21,23H,11-14H2,(H2,27,28,29)/t19-,20-,21+,23+/m1/s1. The van der Waals surface area contributed by atoms with Gasteiger partial charge in [0.15, 0.2) is 11.5 Å². The van der Waals surface area contributed by atoms with Crippen molar-refractivity contribution < 1.29 is 13.9 Å². The molecule has 170 valence electrons. The van der Waals surface area contributed by atoms with Crippen LogP contribution in [0.4, 0.5) is 10.2 Å². The molecule has 0 amide bonds. The Morgan fingerprint density at radius 3 is 2.06 bits per heavy atom. The minimum Gasteiger partial charge on any atom is -0.382 e. The summed E-state index contributed by atoms with van der Waals surface area (Å²) in [4.78, 5) is 12.6. The summed E-state index contributed by atoms with van der Waals surface area (Å²) >= 11 is 0. The zero-order valence-corrected chi connectivity index (χ0v) is 18.1. The maximum Gasteiger partial charge on any atom is 0.165 e. The van der Waals surface area contributed by atoms with E-state index >= 15 is 4.39 Å². The number of rotatable bonds is 9. The van der Waals surface area contributed by atoms with Crippen LogP contribution in [-0.2, 0) is 22.7 Å². The van der Waals surface area contributed by atoms with Crippen molar-refractivity contribution in [2.45, 2.75) is 25.4 Å². The highest BCUT2D eigenvalue weighted by Crippen LogP contribution is 2.48. The van der Waals surface area contributed by atoms with E-state index in [0.29, 0.717) is 37.6 Å². The molecule has 0 spiro atoms. The second-order valence-electron chi connectivity index (χ2n) is 8.35. The Hall–Kier alpha value is -3.36. The van der Waals surface area contributed by atoms with Gasteiger partial charge in [-0.15, -0.1) is 0 Å². The highest BCUT2D eigenvalue weighted by molar-refractivity contribution is 5.81. The fourth-order valence-corrected chi connectivity index (χ4v) is 4.49. The summed E-state index contributed by atoms with van der Waals surface area (Å²) in [6.45, 7) is 1.64. The van der Waals surface area contributed by atoms with E-state index in [-0.39, 0.29) is 17.7 Å². The molecule has 8 heteroatoms. The molecule has 1 fully saturated rings. The van der Waals surface area contributed by atoms with Gasteiger partial charge in [0.05, 0.1) is 38.8 Å². The molecule has 1 saturated carbocycles. The first kappa shape index (κ1) is 21.5. The number of halogens is 1. The van der Waals surface area contributed by atoms with E-state index in [9.17, 15) is 0 Å². The van der Waals surface area contributed by atoms with Crippen LogP contribution < -0.4 is 5.73 Å². The van der Waals surface area contributed by atoms with E-state index in [1.54, 1.807) is 10.9 Å². The van der Waals surface area contributed by atoms with Crippen molar-refractivity contribution in [3.8, 4) is 0 Å². The molecule has 33 heavy (non-hydrogen) atoms. The summed E-state index contributed by atoms with van der Waals surface area (Å²) in [7, 11) is 0. The number of imidazole rings is 1. The number of ether oxygens (including phenoxy) is 2. The quantitative estimate of drug-likeness (QED) is 0.418. The molecule has 5 rings (SSSR count). The summed E-state index contributed by atoms with van der Waals surface area (Å²) in [6.07, 6.45) is 1.86. The number of anilines is 1. The zero-order valence-electron chi connectivity index (χ0n) is 18.1. The van der Waals surface area contributed by atoms with E-state index < -0.39 is 12.2 Å². The number of benzene rings is 2. The van der Waals surface area contributed by atoms with Gasteiger partial charge in [0.25, 0.3) is 0 Å². The van der Waals surface area contributed by atoms with Crippen molar-refractivity contribution in [2.24, 2.45) is 11.8 Å². The molecule has 0 radical (unpaired) electrons. The van der Waals surface area contributed by atoms with Gasteiger partial charge in [0.2, 0.25) is 0 Å². The Balaban J connectivity index is 1.31. The topological polar surface area (TPSA) is 88.1 Å². The van der Waals surface area contributed by atoms with Gasteiger partial charge in [-0.2, -0.15) is 0 Å². The molecule has 1 aliphatic carbocycles. The first-order chi connectivity index (χ1) is 16.2. The fourth-order valence-electron chi connectivity index (χ4n) is 4.49.